The van der Waals surface area contributed by atoms with Gasteiger partial charge in [-0.3, -0.25) is 9.78 Å². The van der Waals surface area contributed by atoms with Crippen molar-refractivity contribution in [1.82, 2.24) is 4.98 Å². The molecule has 0 atom stereocenters. The largest absolute Gasteiger partial charge is 0.397 e. The number of nitrogen functional groups attached to an aromatic ring is 1. The van der Waals surface area contributed by atoms with Gasteiger partial charge < -0.3 is 11.1 Å². The summed E-state index contributed by atoms with van der Waals surface area (Å²) in [7, 11) is 0. The molecule has 0 bridgehead atoms. The van der Waals surface area contributed by atoms with Crippen LogP contribution < -0.4 is 11.1 Å². The van der Waals surface area contributed by atoms with Gasteiger partial charge in [0.05, 0.1) is 11.3 Å². The number of aromatic nitrogens is 1. The van der Waals surface area contributed by atoms with E-state index in [9.17, 15) is 9.18 Å². The highest BCUT2D eigenvalue weighted by Crippen LogP contribution is 2.22. The van der Waals surface area contributed by atoms with Gasteiger partial charge in [0.15, 0.2) is 0 Å². The molecule has 1 aromatic heterocycles. The van der Waals surface area contributed by atoms with E-state index in [1.54, 1.807) is 25.3 Å². The quantitative estimate of drug-likeness (QED) is 0.798. The Morgan fingerprint density at radius 3 is 2.78 bits per heavy atom. The maximum absolute atomic E-state index is 13.5. The Morgan fingerprint density at radius 2 is 2.11 bits per heavy atom. The van der Waals surface area contributed by atoms with Crippen LogP contribution in [-0.4, -0.2) is 10.9 Å². The van der Waals surface area contributed by atoms with Crippen molar-refractivity contribution in [3.05, 3.63) is 53.6 Å². The van der Waals surface area contributed by atoms with Crippen molar-refractivity contribution in [3.63, 3.8) is 0 Å². The van der Waals surface area contributed by atoms with Crippen LogP contribution in [0.5, 0.6) is 0 Å². The summed E-state index contributed by atoms with van der Waals surface area (Å²) in [5, 5.41) is 2.46. The monoisotopic (exact) mass is 245 g/mol. The predicted molar refractivity (Wildman–Crippen MR) is 67.7 cm³/mol. The van der Waals surface area contributed by atoms with E-state index in [0.717, 1.165) is 0 Å². The van der Waals surface area contributed by atoms with Crippen molar-refractivity contribution in [3.8, 4) is 0 Å². The molecule has 1 heterocycles. The minimum absolute atomic E-state index is 0.00856. The molecule has 0 aliphatic rings. The fourth-order valence-electron chi connectivity index (χ4n) is 1.58. The van der Waals surface area contributed by atoms with E-state index in [1.807, 2.05) is 0 Å². The number of amides is 1. The van der Waals surface area contributed by atoms with E-state index in [4.69, 9.17) is 5.73 Å². The zero-order chi connectivity index (χ0) is 13.1. The first kappa shape index (κ1) is 12.0. The third-order valence-electron chi connectivity index (χ3n) is 2.54. The summed E-state index contributed by atoms with van der Waals surface area (Å²) in [6, 6.07) is 7.51. The molecule has 0 radical (unpaired) electrons. The summed E-state index contributed by atoms with van der Waals surface area (Å²) in [6.07, 6.45) is 1.59. The second-order valence-electron chi connectivity index (χ2n) is 3.79. The normalized spacial score (nSPS) is 10.1. The number of hydrogen-bond donors (Lipinski definition) is 2. The van der Waals surface area contributed by atoms with Crippen LogP contribution in [0.4, 0.5) is 15.8 Å². The molecule has 92 valence electrons. The molecular weight excluding hydrogens is 233 g/mol. The number of rotatable bonds is 2. The lowest BCUT2D eigenvalue weighted by atomic mass is 10.2. The van der Waals surface area contributed by atoms with E-state index >= 15 is 0 Å². The Morgan fingerprint density at radius 1 is 1.33 bits per heavy atom. The minimum atomic E-state index is -0.565. The molecule has 0 aliphatic heterocycles. The number of para-hydroxylation sites is 1. The molecule has 0 fully saturated rings. The molecule has 4 nitrogen and oxygen atoms in total. The summed E-state index contributed by atoms with van der Waals surface area (Å²) in [5.41, 5.74) is 6.76. The van der Waals surface area contributed by atoms with Gasteiger partial charge in [0, 0.05) is 11.9 Å². The fourth-order valence-corrected chi connectivity index (χ4v) is 1.58. The number of carbonyl (C=O) groups excluding carboxylic acids is 1. The van der Waals surface area contributed by atoms with Crippen molar-refractivity contribution in [2.45, 2.75) is 6.92 Å². The highest BCUT2D eigenvalue weighted by molar-refractivity contribution is 6.06. The summed E-state index contributed by atoms with van der Waals surface area (Å²) in [5.74, 6) is -0.998. The highest BCUT2D eigenvalue weighted by Gasteiger charge is 2.13. The lowest BCUT2D eigenvalue weighted by Crippen LogP contribution is -2.16. The molecule has 0 saturated heterocycles. The van der Waals surface area contributed by atoms with Crippen LogP contribution in [0.25, 0.3) is 0 Å². The first-order chi connectivity index (χ1) is 8.59. The summed E-state index contributed by atoms with van der Waals surface area (Å²) in [4.78, 5) is 16.0. The zero-order valence-electron chi connectivity index (χ0n) is 9.77. The van der Waals surface area contributed by atoms with Crippen molar-refractivity contribution >= 4 is 17.3 Å². The molecule has 0 spiro atoms. The molecule has 1 aromatic carbocycles. The van der Waals surface area contributed by atoms with Crippen LogP contribution >= 0.6 is 0 Å². The number of nitrogens with two attached hydrogens (primary N) is 1. The number of halogens is 1. The zero-order valence-corrected chi connectivity index (χ0v) is 9.77. The van der Waals surface area contributed by atoms with Crippen LogP contribution in [0.15, 0.2) is 36.5 Å². The first-order valence-electron chi connectivity index (χ1n) is 5.36. The second-order valence-corrected chi connectivity index (χ2v) is 3.79. The van der Waals surface area contributed by atoms with Crippen LogP contribution in [-0.2, 0) is 0 Å². The molecule has 0 unspecified atom stereocenters. The SMILES string of the molecule is Cc1ncccc1C(=O)Nc1c(N)cccc1F. The molecule has 0 aliphatic carbocycles. The number of aryl methyl sites for hydroxylation is 1. The number of pyridine rings is 1. The standard InChI is InChI=1S/C13H12FN3O/c1-8-9(4-3-7-16-8)13(18)17-12-10(14)5-2-6-11(12)15/h2-7H,15H2,1H3,(H,17,18). The Hall–Kier alpha value is -2.43. The topological polar surface area (TPSA) is 68.0 Å². The van der Waals surface area contributed by atoms with E-state index in [1.165, 1.54) is 18.2 Å². The van der Waals surface area contributed by atoms with E-state index in [2.05, 4.69) is 10.3 Å². The number of nitrogens with zero attached hydrogens (tertiary/aromatic N) is 1. The second kappa shape index (κ2) is 4.83. The maximum Gasteiger partial charge on any atom is 0.257 e. The third kappa shape index (κ3) is 2.29. The summed E-state index contributed by atoms with van der Waals surface area (Å²) >= 11 is 0. The van der Waals surface area contributed by atoms with Crippen molar-refractivity contribution in [1.29, 1.82) is 0 Å². The molecule has 1 amide bonds. The number of nitrogens with one attached hydrogen (secondary N) is 1. The van der Waals surface area contributed by atoms with E-state index in [0.29, 0.717) is 11.3 Å². The van der Waals surface area contributed by atoms with Crippen LogP contribution in [0.1, 0.15) is 16.1 Å². The molecule has 5 heteroatoms. The van der Waals surface area contributed by atoms with E-state index < -0.39 is 11.7 Å². The van der Waals surface area contributed by atoms with Gasteiger partial charge in [0.1, 0.15) is 11.5 Å². The average Bonchev–Trinajstić information content (AvgIpc) is 2.34. The predicted octanol–water partition coefficient (Wildman–Crippen LogP) is 2.36. The van der Waals surface area contributed by atoms with Crippen molar-refractivity contribution in [2.75, 3.05) is 11.1 Å². The maximum atomic E-state index is 13.5. The van der Waals surface area contributed by atoms with E-state index in [-0.39, 0.29) is 11.4 Å². The van der Waals surface area contributed by atoms with Crippen molar-refractivity contribution < 1.29 is 9.18 Å². The number of carbonyl (C=O) groups is 1. The number of hydrogen-bond acceptors (Lipinski definition) is 3. The molecule has 3 N–H and O–H groups in total. The van der Waals surface area contributed by atoms with Gasteiger partial charge >= 0.3 is 0 Å². The van der Waals surface area contributed by atoms with Gasteiger partial charge in [0.2, 0.25) is 0 Å². The van der Waals surface area contributed by atoms with Gasteiger partial charge in [0.25, 0.3) is 5.91 Å². The Labute approximate surface area is 104 Å². The van der Waals surface area contributed by atoms with Gasteiger partial charge in [-0.15, -0.1) is 0 Å². The lowest BCUT2D eigenvalue weighted by Gasteiger charge is -2.10. The molecule has 2 rings (SSSR count). The van der Waals surface area contributed by atoms with Crippen LogP contribution in [0.2, 0.25) is 0 Å². The lowest BCUT2D eigenvalue weighted by molar-refractivity contribution is 0.102. The molecular formula is C13H12FN3O. The smallest absolute Gasteiger partial charge is 0.257 e. The Bertz CT molecular complexity index is 578. The van der Waals surface area contributed by atoms with Crippen molar-refractivity contribution in [2.24, 2.45) is 0 Å². The number of benzene rings is 1. The number of anilines is 2. The highest BCUT2D eigenvalue weighted by atomic mass is 19.1. The molecule has 0 saturated carbocycles. The van der Waals surface area contributed by atoms with Gasteiger partial charge in [-0.25, -0.2) is 4.39 Å². The van der Waals surface area contributed by atoms with Gasteiger partial charge in [-0.05, 0) is 31.2 Å². The third-order valence-corrected chi connectivity index (χ3v) is 2.54. The first-order valence-corrected chi connectivity index (χ1v) is 5.36. The minimum Gasteiger partial charge on any atom is -0.397 e. The molecule has 2 aromatic rings. The summed E-state index contributed by atoms with van der Waals surface area (Å²) in [6.45, 7) is 1.71. The molecule has 18 heavy (non-hydrogen) atoms. The average molecular weight is 245 g/mol. The van der Waals surface area contributed by atoms with Gasteiger partial charge in [-0.1, -0.05) is 6.07 Å². The Kier molecular flexibility index (Phi) is 3.23. The fraction of sp³-hybridized carbons (Fsp3) is 0.0769. The Balaban J connectivity index is 2.30. The summed E-state index contributed by atoms with van der Waals surface area (Å²) < 4.78 is 13.5. The van der Waals surface area contributed by atoms with Crippen LogP contribution in [0.3, 0.4) is 0 Å². The van der Waals surface area contributed by atoms with Gasteiger partial charge in [-0.2, -0.15) is 0 Å². The van der Waals surface area contributed by atoms with Crippen LogP contribution in [0, 0.1) is 12.7 Å².